The van der Waals surface area contributed by atoms with Crippen LogP contribution in [-0.4, -0.2) is 5.84 Å². The van der Waals surface area contributed by atoms with Gasteiger partial charge in [-0.15, -0.1) is 0 Å². The van der Waals surface area contributed by atoms with Crippen LogP contribution in [-0.2, 0) is 6.54 Å². The van der Waals surface area contributed by atoms with Gasteiger partial charge in [-0.1, -0.05) is 0 Å². The Bertz CT molecular complexity index is 331. The summed E-state index contributed by atoms with van der Waals surface area (Å²) in [7, 11) is 0. The first kappa shape index (κ1) is 10.1. The summed E-state index contributed by atoms with van der Waals surface area (Å²) in [5.74, 6) is -0.380. The van der Waals surface area contributed by atoms with E-state index in [1.54, 1.807) is 12.1 Å². The molecule has 1 heterocycles. The van der Waals surface area contributed by atoms with Crippen molar-refractivity contribution >= 4 is 5.84 Å². The highest BCUT2D eigenvalue weighted by Gasteiger charge is 1.99. The fourth-order valence-electron chi connectivity index (χ4n) is 0.755. The lowest BCUT2D eigenvalue weighted by Crippen LogP contribution is -2.18. The van der Waals surface area contributed by atoms with Crippen LogP contribution in [0.25, 0.3) is 0 Å². The van der Waals surface area contributed by atoms with E-state index in [1.807, 2.05) is 0 Å². The van der Waals surface area contributed by atoms with Crippen LogP contribution in [0, 0.1) is 0 Å². The molecule has 0 radical (unpaired) electrons. The van der Waals surface area contributed by atoms with Crippen LogP contribution in [0.1, 0.15) is 5.76 Å². The molecule has 6 heteroatoms. The molecule has 0 fully saturated rings. The van der Waals surface area contributed by atoms with Gasteiger partial charge < -0.3 is 21.3 Å². The highest BCUT2D eigenvalue weighted by molar-refractivity contribution is 5.94. The third kappa shape index (κ3) is 2.81. The van der Waals surface area contributed by atoms with E-state index in [0.29, 0.717) is 12.3 Å². The third-order valence-electron chi connectivity index (χ3n) is 1.42. The quantitative estimate of drug-likeness (QED) is 0.371. The monoisotopic (exact) mass is 198 g/mol. The Balaban J connectivity index is 2.40. The summed E-state index contributed by atoms with van der Waals surface area (Å²) in [4.78, 5) is 0. The molecule has 14 heavy (non-hydrogen) atoms. The van der Waals surface area contributed by atoms with Gasteiger partial charge in [-0.3, -0.25) is 0 Å². The number of hydrogen-bond donors (Lipinski definition) is 3. The number of nitrogens with one attached hydrogen (secondary N) is 1. The van der Waals surface area contributed by atoms with Crippen molar-refractivity contribution in [3.8, 4) is 0 Å². The predicted molar refractivity (Wildman–Crippen MR) is 50.5 cm³/mol. The van der Waals surface area contributed by atoms with Crippen LogP contribution in [0.5, 0.6) is 0 Å². The SMILES string of the molecule is NC=C(F)C(N)=NNCc1ccco1. The molecule has 0 bridgehead atoms. The molecule has 0 amide bonds. The van der Waals surface area contributed by atoms with Gasteiger partial charge in [0.15, 0.2) is 11.7 Å². The van der Waals surface area contributed by atoms with Gasteiger partial charge in [-0.2, -0.15) is 5.10 Å². The minimum Gasteiger partial charge on any atom is -0.467 e. The van der Waals surface area contributed by atoms with Gasteiger partial charge in [0.05, 0.1) is 12.8 Å². The molecule has 0 atom stereocenters. The second-order valence-electron chi connectivity index (χ2n) is 2.43. The van der Waals surface area contributed by atoms with Gasteiger partial charge in [0, 0.05) is 6.20 Å². The first-order chi connectivity index (χ1) is 6.74. The molecule has 0 aliphatic heterocycles. The number of hydrazone groups is 1. The van der Waals surface area contributed by atoms with E-state index in [0.717, 1.165) is 6.20 Å². The van der Waals surface area contributed by atoms with Crippen molar-refractivity contribution < 1.29 is 8.81 Å². The number of nitrogens with two attached hydrogens (primary N) is 2. The summed E-state index contributed by atoms with van der Waals surface area (Å²) < 4.78 is 17.6. The van der Waals surface area contributed by atoms with Gasteiger partial charge in [0.25, 0.3) is 0 Å². The van der Waals surface area contributed by atoms with Gasteiger partial charge in [-0.25, -0.2) is 4.39 Å². The molecule has 0 saturated carbocycles. The molecule has 5 N–H and O–H groups in total. The van der Waals surface area contributed by atoms with Crippen LogP contribution in [0.15, 0.2) is 39.9 Å². The van der Waals surface area contributed by atoms with E-state index >= 15 is 0 Å². The molecule has 1 rings (SSSR count). The van der Waals surface area contributed by atoms with Crippen molar-refractivity contribution in [1.29, 1.82) is 0 Å². The maximum absolute atomic E-state index is 12.6. The third-order valence-corrected chi connectivity index (χ3v) is 1.42. The summed E-state index contributed by atoms with van der Waals surface area (Å²) in [6, 6.07) is 3.50. The first-order valence-corrected chi connectivity index (χ1v) is 3.90. The highest BCUT2D eigenvalue weighted by atomic mass is 19.1. The number of amidine groups is 1. The predicted octanol–water partition coefficient (Wildman–Crippen LogP) is 0.411. The van der Waals surface area contributed by atoms with E-state index in [9.17, 15) is 4.39 Å². The maximum atomic E-state index is 12.6. The van der Waals surface area contributed by atoms with E-state index in [1.165, 1.54) is 6.26 Å². The molecule has 5 nitrogen and oxygen atoms in total. The zero-order valence-electron chi connectivity index (χ0n) is 7.40. The van der Waals surface area contributed by atoms with Crippen molar-refractivity contribution in [2.24, 2.45) is 16.6 Å². The van der Waals surface area contributed by atoms with Crippen molar-refractivity contribution in [2.75, 3.05) is 0 Å². The standard InChI is InChI=1S/C8H11FN4O/c9-7(4-10)8(11)13-12-5-6-2-1-3-14-6/h1-4,12H,5,10H2,(H2,11,13). The molecule has 76 valence electrons. The summed E-state index contributed by atoms with van der Waals surface area (Å²) in [6.45, 7) is 0.339. The molecule has 0 unspecified atom stereocenters. The maximum Gasteiger partial charge on any atom is 0.182 e. The molecule has 1 aromatic heterocycles. The minimum atomic E-state index is -0.767. The fraction of sp³-hybridized carbons (Fsp3) is 0.125. The van der Waals surface area contributed by atoms with Crippen LogP contribution >= 0.6 is 0 Å². The molecular formula is C8H11FN4O. The molecule has 1 aromatic rings. The van der Waals surface area contributed by atoms with Crippen molar-refractivity contribution in [3.05, 3.63) is 36.2 Å². The van der Waals surface area contributed by atoms with Crippen molar-refractivity contribution in [2.45, 2.75) is 6.54 Å². The lowest BCUT2D eigenvalue weighted by Gasteiger charge is -1.98. The van der Waals surface area contributed by atoms with E-state index in [-0.39, 0.29) is 5.84 Å². The van der Waals surface area contributed by atoms with Gasteiger partial charge in [0.1, 0.15) is 5.76 Å². The molecule has 0 spiro atoms. The Hall–Kier alpha value is -1.98. The topological polar surface area (TPSA) is 89.6 Å². The number of hydrogen-bond acceptors (Lipinski definition) is 4. The normalized spacial score (nSPS) is 12.9. The highest BCUT2D eigenvalue weighted by Crippen LogP contribution is 1.98. The summed E-state index contributed by atoms with van der Waals surface area (Å²) >= 11 is 0. The summed E-state index contributed by atoms with van der Waals surface area (Å²) in [5, 5.41) is 3.53. The summed E-state index contributed by atoms with van der Waals surface area (Å²) in [6.07, 6.45) is 2.28. The fourth-order valence-corrected chi connectivity index (χ4v) is 0.755. The van der Waals surface area contributed by atoms with Crippen LogP contribution in [0.2, 0.25) is 0 Å². The Morgan fingerprint density at radius 1 is 1.71 bits per heavy atom. The minimum absolute atomic E-state index is 0.293. The molecule has 0 aliphatic carbocycles. The second-order valence-corrected chi connectivity index (χ2v) is 2.43. The average Bonchev–Trinajstić information content (AvgIpc) is 2.69. The number of rotatable bonds is 4. The first-order valence-electron chi connectivity index (χ1n) is 3.90. The zero-order chi connectivity index (χ0) is 10.4. The molecule has 0 saturated heterocycles. The Labute approximate surface area is 80.3 Å². The second kappa shape index (κ2) is 4.90. The Kier molecular flexibility index (Phi) is 3.54. The Morgan fingerprint density at radius 3 is 3.07 bits per heavy atom. The molecular weight excluding hydrogens is 187 g/mol. The van der Waals surface area contributed by atoms with Gasteiger partial charge >= 0.3 is 0 Å². The van der Waals surface area contributed by atoms with Gasteiger partial charge in [0.2, 0.25) is 0 Å². The smallest absolute Gasteiger partial charge is 0.182 e. The zero-order valence-corrected chi connectivity index (χ0v) is 7.40. The van der Waals surface area contributed by atoms with Crippen molar-refractivity contribution in [1.82, 2.24) is 5.43 Å². The van der Waals surface area contributed by atoms with E-state index < -0.39 is 5.83 Å². The number of furan rings is 1. The van der Waals surface area contributed by atoms with Crippen LogP contribution < -0.4 is 16.9 Å². The summed E-state index contributed by atoms with van der Waals surface area (Å²) in [5.41, 5.74) is 12.6. The molecule has 0 aromatic carbocycles. The lowest BCUT2D eigenvalue weighted by atomic mass is 10.5. The van der Waals surface area contributed by atoms with E-state index in [4.69, 9.17) is 15.9 Å². The largest absolute Gasteiger partial charge is 0.467 e. The van der Waals surface area contributed by atoms with Gasteiger partial charge in [-0.05, 0) is 12.1 Å². The molecule has 0 aliphatic rings. The van der Waals surface area contributed by atoms with Crippen LogP contribution in [0.3, 0.4) is 0 Å². The van der Waals surface area contributed by atoms with Crippen molar-refractivity contribution in [3.63, 3.8) is 0 Å². The average molecular weight is 198 g/mol. The van der Waals surface area contributed by atoms with E-state index in [2.05, 4.69) is 10.5 Å². The van der Waals surface area contributed by atoms with Crippen LogP contribution in [0.4, 0.5) is 4.39 Å². The number of halogens is 1. The number of nitrogens with zero attached hydrogens (tertiary/aromatic N) is 1. The Morgan fingerprint density at radius 2 is 2.50 bits per heavy atom. The lowest BCUT2D eigenvalue weighted by molar-refractivity contribution is 0.488.